The molecule has 1 fully saturated rings. The van der Waals surface area contributed by atoms with E-state index in [0.717, 1.165) is 4.90 Å². The summed E-state index contributed by atoms with van der Waals surface area (Å²) in [5.41, 5.74) is -1.69. The van der Waals surface area contributed by atoms with Crippen molar-refractivity contribution >= 4 is 63.6 Å². The Morgan fingerprint density at radius 2 is 1.87 bits per heavy atom. The molecule has 1 saturated heterocycles. The van der Waals surface area contributed by atoms with Gasteiger partial charge in [-0.15, -0.1) is 22.9 Å². The quantitative estimate of drug-likeness (QED) is 0.0922. The number of alkyl halides is 1. The van der Waals surface area contributed by atoms with Crippen LogP contribution >= 0.6 is 22.9 Å². The van der Waals surface area contributed by atoms with Crippen molar-refractivity contribution in [1.82, 2.24) is 15.2 Å². The number of aryl methyl sites for hydroxylation is 1. The Morgan fingerprint density at radius 1 is 1.20 bits per heavy atom. The van der Waals surface area contributed by atoms with Gasteiger partial charge in [-0.3, -0.25) is 14.5 Å². The molecule has 0 saturated carbocycles. The van der Waals surface area contributed by atoms with Crippen LogP contribution in [0.5, 0.6) is 5.75 Å². The van der Waals surface area contributed by atoms with Crippen LogP contribution < -0.4 is 10.1 Å². The van der Waals surface area contributed by atoms with Crippen LogP contribution in [0, 0.1) is 6.92 Å². The van der Waals surface area contributed by atoms with E-state index in [1.807, 2.05) is 0 Å². The molecule has 16 heteroatoms. The molecule has 2 aliphatic rings. The number of hydrogen-bond acceptors (Lipinski definition) is 12. The summed E-state index contributed by atoms with van der Waals surface area (Å²) in [6.45, 7) is 9.60. The summed E-state index contributed by atoms with van der Waals surface area (Å²) in [4.78, 5) is 63.8. The van der Waals surface area contributed by atoms with Crippen LogP contribution in [0.3, 0.4) is 0 Å². The van der Waals surface area contributed by atoms with Gasteiger partial charge >= 0.3 is 11.9 Å². The third kappa shape index (κ3) is 7.82. The monoisotopic (exact) mass is 694 g/mol. The second-order valence-electron chi connectivity index (χ2n) is 11.9. The number of nitrogens with zero attached hydrogens (tertiary/aromatic N) is 3. The standard InChI is InChI=1S/C30H35ClN4O9S2/c1-16-32-20(14-45-16)21(34-44-30(5,6)28(39)43-29(2,3)4)24(36)33-22-25(37)35-23(18(12-31)15-46(40)26(22)35)27(38)42-13-17-8-10-19(41-7)11-9-17/h8-11,14,22,26H,12-13,15H2,1-7H3,(H,33,36)/b34-21-/t22-,26-,46+/m1/s1. The van der Waals surface area contributed by atoms with Crippen molar-refractivity contribution in [3.8, 4) is 5.75 Å². The molecule has 2 amide bonds. The summed E-state index contributed by atoms with van der Waals surface area (Å²) in [6, 6.07) is 5.62. The molecule has 0 aliphatic carbocycles. The number of benzene rings is 1. The summed E-state index contributed by atoms with van der Waals surface area (Å²) in [6.07, 6.45) is 0. The van der Waals surface area contributed by atoms with Crippen molar-refractivity contribution in [2.45, 2.75) is 70.8 Å². The highest BCUT2D eigenvalue weighted by molar-refractivity contribution is 7.92. The molecule has 1 N–H and O–H groups in total. The molecule has 0 unspecified atom stereocenters. The highest BCUT2D eigenvalue weighted by atomic mass is 35.5. The number of rotatable bonds is 11. The number of carbonyl (C=O) groups is 4. The second kappa shape index (κ2) is 14.0. The first kappa shape index (κ1) is 35.2. The van der Waals surface area contributed by atoms with E-state index in [4.69, 9.17) is 30.6 Å². The molecule has 3 heterocycles. The second-order valence-corrected chi connectivity index (χ2v) is 14.7. The lowest BCUT2D eigenvalue weighted by atomic mass is 10.0. The molecule has 1 aromatic heterocycles. The molecule has 1 aromatic carbocycles. The minimum absolute atomic E-state index is 0.0929. The van der Waals surface area contributed by atoms with Gasteiger partial charge in [0.25, 0.3) is 11.8 Å². The minimum atomic E-state index is -1.71. The summed E-state index contributed by atoms with van der Waals surface area (Å²) in [5, 5.41) is 7.65. The summed E-state index contributed by atoms with van der Waals surface area (Å²) >= 11 is 5.62. The summed E-state index contributed by atoms with van der Waals surface area (Å²) in [5.74, 6) is -2.70. The smallest absolute Gasteiger partial charge is 0.355 e. The van der Waals surface area contributed by atoms with Crippen LogP contribution in [0.1, 0.15) is 50.9 Å². The maximum atomic E-state index is 13.6. The molecule has 0 radical (unpaired) electrons. The molecule has 0 bridgehead atoms. The molecule has 3 atom stereocenters. The van der Waals surface area contributed by atoms with Crippen molar-refractivity contribution < 1.29 is 42.8 Å². The maximum absolute atomic E-state index is 13.6. The largest absolute Gasteiger partial charge is 0.614 e. The van der Waals surface area contributed by atoms with E-state index in [1.54, 1.807) is 57.3 Å². The van der Waals surface area contributed by atoms with Crippen LogP contribution in [0.2, 0.25) is 0 Å². The number of carbonyl (C=O) groups excluding carboxylic acids is 4. The molecular weight excluding hydrogens is 660 g/mol. The highest BCUT2D eigenvalue weighted by Crippen LogP contribution is 2.37. The lowest BCUT2D eigenvalue weighted by molar-refractivity contribution is -0.179. The number of hydrogen-bond donors (Lipinski definition) is 1. The topological polar surface area (TPSA) is 169 Å². The molecule has 2 aliphatic heterocycles. The first-order chi connectivity index (χ1) is 21.6. The lowest BCUT2D eigenvalue weighted by Crippen LogP contribution is -2.75. The average Bonchev–Trinajstić information content (AvgIpc) is 3.42. The predicted octanol–water partition coefficient (Wildman–Crippen LogP) is 2.95. The Morgan fingerprint density at radius 3 is 2.43 bits per heavy atom. The van der Waals surface area contributed by atoms with Gasteiger partial charge in [-0.05, 0) is 70.4 Å². The Labute approximate surface area is 278 Å². The molecule has 248 valence electrons. The van der Waals surface area contributed by atoms with Gasteiger partial charge in [-0.2, -0.15) is 0 Å². The van der Waals surface area contributed by atoms with E-state index < -0.39 is 57.5 Å². The number of oxime groups is 1. The van der Waals surface area contributed by atoms with E-state index in [0.29, 0.717) is 16.3 Å². The zero-order valence-electron chi connectivity index (χ0n) is 26.4. The Kier molecular flexibility index (Phi) is 10.7. The fourth-order valence-electron chi connectivity index (χ4n) is 4.37. The molecule has 0 spiro atoms. The average molecular weight is 695 g/mol. The Hall–Kier alpha value is -3.66. The van der Waals surface area contributed by atoms with Crippen molar-refractivity contribution in [3.05, 3.63) is 57.2 Å². The van der Waals surface area contributed by atoms with Gasteiger partial charge < -0.3 is 28.9 Å². The number of methoxy groups -OCH3 is 1. The van der Waals surface area contributed by atoms with Crippen molar-refractivity contribution in [2.24, 2.45) is 5.16 Å². The van der Waals surface area contributed by atoms with E-state index in [9.17, 15) is 23.7 Å². The number of thiazole rings is 1. The van der Waals surface area contributed by atoms with Gasteiger partial charge in [0.05, 0.1) is 18.0 Å². The van der Waals surface area contributed by atoms with Crippen molar-refractivity contribution in [1.29, 1.82) is 0 Å². The fourth-order valence-corrected chi connectivity index (χ4v) is 6.98. The minimum Gasteiger partial charge on any atom is -0.614 e. The first-order valence-electron chi connectivity index (χ1n) is 14.1. The molecule has 4 rings (SSSR count). The van der Waals surface area contributed by atoms with Gasteiger partial charge in [0.1, 0.15) is 35.1 Å². The third-order valence-electron chi connectivity index (χ3n) is 6.71. The molecule has 13 nitrogen and oxygen atoms in total. The number of fused-ring (bicyclic) bond motifs is 1. The normalized spacial score (nSPS) is 20.0. The zero-order valence-corrected chi connectivity index (χ0v) is 28.8. The van der Waals surface area contributed by atoms with Gasteiger partial charge in [0.2, 0.25) is 11.0 Å². The van der Waals surface area contributed by atoms with Crippen LogP contribution in [0.15, 0.2) is 46.1 Å². The number of amides is 2. The summed E-state index contributed by atoms with van der Waals surface area (Å²) in [7, 11) is 1.53. The van der Waals surface area contributed by atoms with Crippen LogP contribution in [-0.4, -0.2) is 85.3 Å². The number of aromatic nitrogens is 1. The number of ether oxygens (including phenoxy) is 3. The van der Waals surface area contributed by atoms with Crippen molar-refractivity contribution in [2.75, 3.05) is 18.7 Å². The van der Waals surface area contributed by atoms with Crippen LogP contribution in [-0.2, 0) is 51.3 Å². The SMILES string of the molecule is COc1ccc(COC(=O)C2=C(CCl)C[S@+]([O-])[C@@H]3[C@H](NC(=O)/C(=N\OC(C)(C)C(=O)OC(C)(C)C)c4csc(C)n4)C(=O)N23)cc1. The van der Waals surface area contributed by atoms with Crippen LogP contribution in [0.25, 0.3) is 0 Å². The third-order valence-corrected chi connectivity index (χ3v) is 9.46. The van der Waals surface area contributed by atoms with E-state index >= 15 is 0 Å². The predicted molar refractivity (Wildman–Crippen MR) is 171 cm³/mol. The number of esters is 2. The van der Waals surface area contributed by atoms with Gasteiger partial charge in [0.15, 0.2) is 11.8 Å². The molecule has 46 heavy (non-hydrogen) atoms. The van der Waals surface area contributed by atoms with E-state index in [-0.39, 0.29) is 40.9 Å². The van der Waals surface area contributed by atoms with Crippen LogP contribution in [0.4, 0.5) is 0 Å². The number of β-lactam (4-membered cyclic amide) rings is 1. The fraction of sp³-hybridized carbons (Fsp3) is 0.467. The number of nitrogens with one attached hydrogen (secondary N) is 1. The van der Waals surface area contributed by atoms with Gasteiger partial charge in [0, 0.05) is 11.0 Å². The first-order valence-corrected chi connectivity index (χ1v) is 16.9. The zero-order chi connectivity index (χ0) is 34.0. The van der Waals surface area contributed by atoms with E-state index in [1.165, 1.54) is 32.3 Å². The van der Waals surface area contributed by atoms with Gasteiger partial charge in [-0.25, -0.2) is 14.6 Å². The number of halogens is 1. The Bertz CT molecular complexity index is 1570. The molecule has 2 aromatic rings. The summed E-state index contributed by atoms with van der Waals surface area (Å²) < 4.78 is 29.3. The van der Waals surface area contributed by atoms with Crippen molar-refractivity contribution in [3.63, 3.8) is 0 Å². The highest BCUT2D eigenvalue weighted by Gasteiger charge is 2.61. The Balaban J connectivity index is 1.53. The lowest BCUT2D eigenvalue weighted by Gasteiger charge is -2.49. The van der Waals surface area contributed by atoms with E-state index in [2.05, 4.69) is 15.5 Å². The maximum Gasteiger partial charge on any atom is 0.355 e. The van der Waals surface area contributed by atoms with Gasteiger partial charge in [-0.1, -0.05) is 17.3 Å². The molecular formula is C30H35ClN4O9S2.